The number of carbonyl (C=O) groups excluding carboxylic acids is 2. The van der Waals surface area contributed by atoms with E-state index in [9.17, 15) is 14.0 Å². The zero-order valence-electron chi connectivity index (χ0n) is 10.3. The van der Waals surface area contributed by atoms with Crippen molar-refractivity contribution < 1.29 is 18.7 Å². The lowest BCUT2D eigenvalue weighted by Gasteiger charge is -2.16. The van der Waals surface area contributed by atoms with Crippen molar-refractivity contribution in [3.8, 4) is 0 Å². The number of benzene rings is 1. The van der Waals surface area contributed by atoms with Gasteiger partial charge in [-0.15, -0.1) is 0 Å². The summed E-state index contributed by atoms with van der Waals surface area (Å²) in [6, 6.07) is 3.77. The first-order chi connectivity index (χ1) is 8.45. The fourth-order valence-electron chi connectivity index (χ4n) is 1.38. The summed E-state index contributed by atoms with van der Waals surface area (Å²) < 4.78 is 18.2. The molecule has 0 aromatic heterocycles. The number of nitrogens with two attached hydrogens (primary N) is 1. The summed E-state index contributed by atoms with van der Waals surface area (Å²) >= 11 is 0. The predicted molar refractivity (Wildman–Crippen MR) is 64.4 cm³/mol. The smallest absolute Gasteiger partial charge is 0.325 e. The van der Waals surface area contributed by atoms with Gasteiger partial charge >= 0.3 is 5.97 Å². The molecular formula is C12H15FN2O3. The summed E-state index contributed by atoms with van der Waals surface area (Å²) in [5.74, 6) is -1.85. The third-order valence-corrected chi connectivity index (χ3v) is 2.24. The van der Waals surface area contributed by atoms with Crippen molar-refractivity contribution in [2.75, 3.05) is 25.9 Å². The Bertz CT molecular complexity index is 463. The molecule has 0 saturated heterocycles. The van der Waals surface area contributed by atoms with Gasteiger partial charge in [-0.05, 0) is 25.1 Å². The maximum Gasteiger partial charge on any atom is 0.325 e. The molecule has 0 aliphatic rings. The molecule has 98 valence electrons. The molecule has 1 aromatic carbocycles. The normalized spacial score (nSPS) is 9.94. The molecule has 6 heteroatoms. The molecule has 0 aliphatic carbocycles. The van der Waals surface area contributed by atoms with Crippen molar-refractivity contribution in [2.24, 2.45) is 0 Å². The van der Waals surface area contributed by atoms with Crippen LogP contribution in [0.1, 0.15) is 17.3 Å². The molecule has 2 N–H and O–H groups in total. The van der Waals surface area contributed by atoms with Crippen molar-refractivity contribution >= 4 is 17.6 Å². The van der Waals surface area contributed by atoms with Gasteiger partial charge in [0.1, 0.15) is 12.4 Å². The zero-order valence-corrected chi connectivity index (χ0v) is 10.3. The summed E-state index contributed by atoms with van der Waals surface area (Å²) in [5.41, 5.74) is 5.49. The van der Waals surface area contributed by atoms with Crippen molar-refractivity contribution in [1.29, 1.82) is 0 Å². The number of nitrogens with zero attached hydrogens (tertiary/aromatic N) is 1. The molecule has 1 rings (SSSR count). The lowest BCUT2D eigenvalue weighted by atomic mass is 10.1. The number of hydrogen-bond acceptors (Lipinski definition) is 4. The van der Waals surface area contributed by atoms with Crippen LogP contribution in [0.3, 0.4) is 0 Å². The van der Waals surface area contributed by atoms with E-state index in [0.717, 1.165) is 11.0 Å². The Labute approximate surface area is 104 Å². The Morgan fingerprint density at radius 3 is 2.67 bits per heavy atom. The molecule has 0 heterocycles. The van der Waals surface area contributed by atoms with Gasteiger partial charge in [-0.3, -0.25) is 9.59 Å². The molecule has 0 radical (unpaired) electrons. The average molecular weight is 254 g/mol. The number of amides is 1. The number of ether oxygens (including phenoxy) is 1. The van der Waals surface area contributed by atoms with Crippen molar-refractivity contribution in [1.82, 2.24) is 4.90 Å². The van der Waals surface area contributed by atoms with Crippen LogP contribution in [0.15, 0.2) is 18.2 Å². The summed E-state index contributed by atoms with van der Waals surface area (Å²) in [5, 5.41) is 0. The van der Waals surface area contributed by atoms with E-state index in [1.807, 2.05) is 0 Å². The monoisotopic (exact) mass is 254 g/mol. The summed E-state index contributed by atoms with van der Waals surface area (Å²) in [7, 11) is 1.40. The summed E-state index contributed by atoms with van der Waals surface area (Å²) in [6.45, 7) is 1.67. The number of esters is 1. The predicted octanol–water partition coefficient (Wildman–Crippen LogP) is 1.04. The molecule has 0 atom stereocenters. The van der Waals surface area contributed by atoms with Gasteiger partial charge in [-0.2, -0.15) is 0 Å². The molecule has 0 spiro atoms. The third kappa shape index (κ3) is 3.44. The Morgan fingerprint density at radius 2 is 2.11 bits per heavy atom. The number of nitrogen functional groups attached to an aromatic ring is 1. The Kier molecular flexibility index (Phi) is 4.65. The lowest BCUT2D eigenvalue weighted by molar-refractivity contribution is -0.143. The molecule has 18 heavy (non-hydrogen) atoms. The second-order valence-corrected chi connectivity index (χ2v) is 3.71. The van der Waals surface area contributed by atoms with Gasteiger partial charge in [-0.1, -0.05) is 0 Å². The average Bonchev–Trinajstić information content (AvgIpc) is 2.28. The highest BCUT2D eigenvalue weighted by molar-refractivity contribution is 5.96. The van der Waals surface area contributed by atoms with Crippen LogP contribution in [0.25, 0.3) is 0 Å². The van der Waals surface area contributed by atoms with Crippen molar-refractivity contribution in [2.45, 2.75) is 6.92 Å². The fourth-order valence-corrected chi connectivity index (χ4v) is 1.38. The maximum atomic E-state index is 13.5. The first-order valence-electron chi connectivity index (χ1n) is 5.41. The van der Waals surface area contributed by atoms with E-state index in [1.54, 1.807) is 6.92 Å². The number of halogens is 1. The number of hydrogen-bond donors (Lipinski definition) is 1. The molecular weight excluding hydrogens is 239 g/mol. The van der Waals surface area contributed by atoms with Crippen LogP contribution in [-0.4, -0.2) is 37.0 Å². The zero-order chi connectivity index (χ0) is 13.7. The molecule has 0 saturated carbocycles. The van der Waals surface area contributed by atoms with Crippen LogP contribution in [0.2, 0.25) is 0 Å². The molecule has 0 bridgehead atoms. The van der Waals surface area contributed by atoms with Gasteiger partial charge in [0.05, 0.1) is 12.2 Å². The number of rotatable bonds is 4. The van der Waals surface area contributed by atoms with Crippen LogP contribution in [-0.2, 0) is 9.53 Å². The number of likely N-dealkylation sites (N-methyl/N-ethyl adjacent to an activating group) is 1. The molecule has 1 amide bonds. The second kappa shape index (κ2) is 6.00. The van der Waals surface area contributed by atoms with E-state index >= 15 is 0 Å². The number of carbonyl (C=O) groups is 2. The van der Waals surface area contributed by atoms with E-state index < -0.39 is 17.7 Å². The highest BCUT2D eigenvalue weighted by Crippen LogP contribution is 2.13. The van der Waals surface area contributed by atoms with Gasteiger partial charge in [0.2, 0.25) is 0 Å². The van der Waals surface area contributed by atoms with E-state index in [4.69, 9.17) is 10.5 Å². The standard InChI is InChI=1S/C12H15FN2O3/c1-3-18-11(16)7-15(2)12(17)9-5-4-8(14)6-10(9)13/h4-6H,3,7,14H2,1-2H3. The third-order valence-electron chi connectivity index (χ3n) is 2.24. The van der Waals surface area contributed by atoms with Crippen LogP contribution >= 0.6 is 0 Å². The van der Waals surface area contributed by atoms with Gasteiger partial charge < -0.3 is 15.4 Å². The van der Waals surface area contributed by atoms with Gasteiger partial charge in [-0.25, -0.2) is 4.39 Å². The minimum atomic E-state index is -0.712. The maximum absolute atomic E-state index is 13.5. The first-order valence-corrected chi connectivity index (χ1v) is 5.41. The van der Waals surface area contributed by atoms with Crippen LogP contribution in [0.4, 0.5) is 10.1 Å². The molecule has 5 nitrogen and oxygen atoms in total. The van der Waals surface area contributed by atoms with E-state index in [2.05, 4.69) is 0 Å². The molecule has 0 unspecified atom stereocenters. The topological polar surface area (TPSA) is 72.6 Å². The minimum Gasteiger partial charge on any atom is -0.465 e. The lowest BCUT2D eigenvalue weighted by Crippen LogP contribution is -2.33. The van der Waals surface area contributed by atoms with Gasteiger partial charge in [0, 0.05) is 12.7 Å². The number of anilines is 1. The largest absolute Gasteiger partial charge is 0.465 e. The van der Waals surface area contributed by atoms with Crippen molar-refractivity contribution in [3.63, 3.8) is 0 Å². The molecule has 0 fully saturated rings. The van der Waals surface area contributed by atoms with Crippen LogP contribution in [0.5, 0.6) is 0 Å². The highest BCUT2D eigenvalue weighted by Gasteiger charge is 2.18. The molecule has 0 aliphatic heterocycles. The molecule has 1 aromatic rings. The second-order valence-electron chi connectivity index (χ2n) is 3.71. The Morgan fingerprint density at radius 1 is 1.44 bits per heavy atom. The fraction of sp³-hybridized carbons (Fsp3) is 0.333. The summed E-state index contributed by atoms with van der Waals surface area (Å²) in [4.78, 5) is 24.1. The Balaban J connectivity index is 2.77. The highest BCUT2D eigenvalue weighted by atomic mass is 19.1. The first kappa shape index (κ1) is 14.0. The minimum absolute atomic E-state index is 0.129. The summed E-state index contributed by atoms with van der Waals surface area (Å²) in [6.07, 6.45) is 0. The quantitative estimate of drug-likeness (QED) is 0.643. The van der Waals surface area contributed by atoms with Gasteiger partial charge in [0.25, 0.3) is 5.91 Å². The SMILES string of the molecule is CCOC(=O)CN(C)C(=O)c1ccc(N)cc1F. The van der Waals surface area contributed by atoms with E-state index in [0.29, 0.717) is 0 Å². The van der Waals surface area contributed by atoms with Crippen LogP contribution < -0.4 is 5.73 Å². The van der Waals surface area contributed by atoms with Gasteiger partial charge in [0.15, 0.2) is 0 Å². The van der Waals surface area contributed by atoms with E-state index in [1.165, 1.54) is 19.2 Å². The van der Waals surface area contributed by atoms with Crippen molar-refractivity contribution in [3.05, 3.63) is 29.6 Å². The Hall–Kier alpha value is -2.11. The van der Waals surface area contributed by atoms with E-state index in [-0.39, 0.29) is 24.4 Å². The van der Waals surface area contributed by atoms with Crippen LogP contribution in [0, 0.1) is 5.82 Å².